The Morgan fingerprint density at radius 2 is 1.73 bits per heavy atom. The van der Waals surface area contributed by atoms with Gasteiger partial charge in [-0.25, -0.2) is 0 Å². The molecule has 2 atom stereocenters. The standard InChI is InChI=1S/C20H20F3NO2/c1-13-12-26-14(2)11-24(13)19(25)18-6-4-3-5-17(18)15-7-9-16(10-8-15)20(21,22)23/h3-10,13-14H,11-12H2,1-2H3. The first-order valence-electron chi connectivity index (χ1n) is 8.46. The van der Waals surface area contributed by atoms with E-state index in [2.05, 4.69) is 0 Å². The van der Waals surface area contributed by atoms with Gasteiger partial charge in [-0.2, -0.15) is 13.2 Å². The molecule has 0 aromatic heterocycles. The van der Waals surface area contributed by atoms with E-state index < -0.39 is 11.7 Å². The zero-order chi connectivity index (χ0) is 18.9. The highest BCUT2D eigenvalue weighted by Crippen LogP contribution is 2.32. The molecule has 2 aromatic carbocycles. The average Bonchev–Trinajstić information content (AvgIpc) is 2.62. The van der Waals surface area contributed by atoms with E-state index in [1.807, 2.05) is 13.8 Å². The first kappa shape index (κ1) is 18.5. The molecule has 2 unspecified atom stereocenters. The number of hydrogen-bond donors (Lipinski definition) is 0. The van der Waals surface area contributed by atoms with Crippen molar-refractivity contribution in [2.75, 3.05) is 13.2 Å². The van der Waals surface area contributed by atoms with Crippen LogP contribution in [0.3, 0.4) is 0 Å². The summed E-state index contributed by atoms with van der Waals surface area (Å²) in [4.78, 5) is 14.8. The summed E-state index contributed by atoms with van der Waals surface area (Å²) in [6.45, 7) is 4.79. The number of carbonyl (C=O) groups excluding carboxylic acids is 1. The Balaban J connectivity index is 1.94. The van der Waals surface area contributed by atoms with Gasteiger partial charge >= 0.3 is 6.18 Å². The van der Waals surface area contributed by atoms with Gasteiger partial charge in [0.15, 0.2) is 0 Å². The monoisotopic (exact) mass is 363 g/mol. The molecule has 3 nitrogen and oxygen atoms in total. The lowest BCUT2D eigenvalue weighted by atomic mass is 9.97. The summed E-state index contributed by atoms with van der Waals surface area (Å²) >= 11 is 0. The Labute approximate surface area is 150 Å². The molecule has 0 N–H and O–H groups in total. The molecule has 6 heteroatoms. The molecule has 138 valence electrons. The third kappa shape index (κ3) is 3.75. The van der Waals surface area contributed by atoms with Crippen LogP contribution in [0, 0.1) is 0 Å². The topological polar surface area (TPSA) is 29.5 Å². The number of hydrogen-bond acceptors (Lipinski definition) is 2. The van der Waals surface area contributed by atoms with Gasteiger partial charge in [-0.15, -0.1) is 0 Å². The highest BCUT2D eigenvalue weighted by molar-refractivity contribution is 6.01. The quantitative estimate of drug-likeness (QED) is 0.779. The lowest BCUT2D eigenvalue weighted by Crippen LogP contribution is -2.50. The minimum Gasteiger partial charge on any atom is -0.375 e. The molecule has 1 aliphatic rings. The maximum Gasteiger partial charge on any atom is 0.416 e. The van der Waals surface area contributed by atoms with Gasteiger partial charge in [0.05, 0.1) is 24.3 Å². The van der Waals surface area contributed by atoms with Gasteiger partial charge < -0.3 is 9.64 Å². The largest absolute Gasteiger partial charge is 0.416 e. The van der Waals surface area contributed by atoms with Crippen molar-refractivity contribution in [2.45, 2.75) is 32.2 Å². The van der Waals surface area contributed by atoms with Crippen LogP contribution in [0.25, 0.3) is 11.1 Å². The predicted octanol–water partition coefficient (Wildman–Crippen LogP) is 4.62. The molecule has 0 bridgehead atoms. The zero-order valence-electron chi connectivity index (χ0n) is 14.6. The highest BCUT2D eigenvalue weighted by Gasteiger charge is 2.31. The van der Waals surface area contributed by atoms with Crippen molar-refractivity contribution < 1.29 is 22.7 Å². The van der Waals surface area contributed by atoms with E-state index in [0.717, 1.165) is 12.1 Å². The lowest BCUT2D eigenvalue weighted by molar-refractivity contribution is -0.137. The zero-order valence-corrected chi connectivity index (χ0v) is 14.6. The summed E-state index contributed by atoms with van der Waals surface area (Å²) in [7, 11) is 0. The van der Waals surface area contributed by atoms with Crippen molar-refractivity contribution in [3.05, 3.63) is 59.7 Å². The molecule has 0 aliphatic carbocycles. The molecule has 1 fully saturated rings. The summed E-state index contributed by atoms with van der Waals surface area (Å²) < 4.78 is 43.9. The number of ether oxygens (including phenoxy) is 1. The number of carbonyl (C=O) groups is 1. The van der Waals surface area contributed by atoms with Crippen LogP contribution in [0.15, 0.2) is 48.5 Å². The number of halogens is 3. The molecule has 1 saturated heterocycles. The first-order chi connectivity index (χ1) is 12.3. The van der Waals surface area contributed by atoms with Crippen LogP contribution in [-0.4, -0.2) is 36.1 Å². The number of alkyl halides is 3. The SMILES string of the molecule is CC1CN(C(=O)c2ccccc2-c2ccc(C(F)(F)F)cc2)C(C)CO1. The first-order valence-corrected chi connectivity index (χ1v) is 8.46. The maximum atomic E-state index is 13.1. The summed E-state index contributed by atoms with van der Waals surface area (Å²) in [6.07, 6.45) is -4.43. The summed E-state index contributed by atoms with van der Waals surface area (Å²) in [6, 6.07) is 11.8. The van der Waals surface area contributed by atoms with Gasteiger partial charge in [-0.05, 0) is 43.2 Å². The summed E-state index contributed by atoms with van der Waals surface area (Å²) in [5.41, 5.74) is 0.974. The third-order valence-electron chi connectivity index (χ3n) is 4.55. The molecule has 1 aliphatic heterocycles. The van der Waals surface area contributed by atoms with Crippen LogP contribution in [-0.2, 0) is 10.9 Å². The second-order valence-corrected chi connectivity index (χ2v) is 6.57. The fraction of sp³-hybridized carbons (Fsp3) is 0.350. The predicted molar refractivity (Wildman–Crippen MR) is 92.8 cm³/mol. The Bertz CT molecular complexity index is 786. The number of benzene rings is 2. The molecule has 2 aromatic rings. The third-order valence-corrected chi connectivity index (χ3v) is 4.55. The van der Waals surface area contributed by atoms with E-state index in [9.17, 15) is 18.0 Å². The lowest BCUT2D eigenvalue weighted by Gasteiger charge is -2.37. The van der Waals surface area contributed by atoms with Crippen molar-refractivity contribution in [2.24, 2.45) is 0 Å². The molecule has 0 spiro atoms. The van der Waals surface area contributed by atoms with Crippen LogP contribution in [0.4, 0.5) is 13.2 Å². The second-order valence-electron chi connectivity index (χ2n) is 6.57. The van der Waals surface area contributed by atoms with Crippen LogP contribution >= 0.6 is 0 Å². The van der Waals surface area contributed by atoms with Gasteiger partial charge in [-0.3, -0.25) is 4.79 Å². The minimum absolute atomic E-state index is 0.0478. The molecular formula is C20H20F3NO2. The fourth-order valence-corrected chi connectivity index (χ4v) is 3.10. The number of morpholine rings is 1. The molecule has 26 heavy (non-hydrogen) atoms. The maximum absolute atomic E-state index is 13.1. The van der Waals surface area contributed by atoms with Crippen molar-refractivity contribution in [3.8, 4) is 11.1 Å². The van der Waals surface area contributed by atoms with E-state index in [4.69, 9.17) is 4.74 Å². The fourth-order valence-electron chi connectivity index (χ4n) is 3.10. The Morgan fingerprint density at radius 1 is 1.08 bits per heavy atom. The molecule has 3 rings (SSSR count). The van der Waals surface area contributed by atoms with Gasteiger partial charge in [0.25, 0.3) is 5.91 Å². The summed E-state index contributed by atoms with van der Waals surface area (Å²) in [5, 5.41) is 0. The Hall–Kier alpha value is -2.34. The van der Waals surface area contributed by atoms with Crippen LogP contribution < -0.4 is 0 Å². The van der Waals surface area contributed by atoms with Gasteiger partial charge in [0, 0.05) is 12.1 Å². The van der Waals surface area contributed by atoms with E-state index in [-0.39, 0.29) is 18.1 Å². The van der Waals surface area contributed by atoms with Gasteiger partial charge in [-0.1, -0.05) is 30.3 Å². The molecule has 1 amide bonds. The molecule has 0 saturated carbocycles. The van der Waals surface area contributed by atoms with Crippen LogP contribution in [0.2, 0.25) is 0 Å². The average molecular weight is 363 g/mol. The normalized spacial score (nSPS) is 20.9. The Kier molecular flexibility index (Phi) is 5.05. The smallest absolute Gasteiger partial charge is 0.375 e. The minimum atomic E-state index is -4.38. The number of rotatable bonds is 2. The number of amides is 1. The van der Waals surface area contributed by atoms with E-state index in [1.165, 1.54) is 12.1 Å². The van der Waals surface area contributed by atoms with Crippen molar-refractivity contribution >= 4 is 5.91 Å². The van der Waals surface area contributed by atoms with Gasteiger partial charge in [0.2, 0.25) is 0 Å². The Morgan fingerprint density at radius 3 is 2.38 bits per heavy atom. The molecular weight excluding hydrogens is 343 g/mol. The van der Waals surface area contributed by atoms with Crippen LogP contribution in [0.5, 0.6) is 0 Å². The van der Waals surface area contributed by atoms with Gasteiger partial charge in [0.1, 0.15) is 0 Å². The van der Waals surface area contributed by atoms with Crippen molar-refractivity contribution in [1.82, 2.24) is 4.90 Å². The summed E-state index contributed by atoms with van der Waals surface area (Å²) in [5.74, 6) is -0.136. The van der Waals surface area contributed by atoms with E-state index >= 15 is 0 Å². The van der Waals surface area contributed by atoms with Crippen molar-refractivity contribution in [3.63, 3.8) is 0 Å². The van der Waals surface area contributed by atoms with E-state index in [0.29, 0.717) is 29.8 Å². The van der Waals surface area contributed by atoms with E-state index in [1.54, 1.807) is 29.2 Å². The molecule has 1 heterocycles. The molecule has 0 radical (unpaired) electrons. The van der Waals surface area contributed by atoms with Crippen LogP contribution in [0.1, 0.15) is 29.8 Å². The van der Waals surface area contributed by atoms with Crippen molar-refractivity contribution in [1.29, 1.82) is 0 Å². The highest BCUT2D eigenvalue weighted by atomic mass is 19.4. The number of nitrogens with zero attached hydrogens (tertiary/aromatic N) is 1. The second kappa shape index (κ2) is 7.11.